The van der Waals surface area contributed by atoms with Crippen LogP contribution in [0.5, 0.6) is 5.75 Å². The van der Waals surface area contributed by atoms with Gasteiger partial charge in [-0.25, -0.2) is 0 Å². The second kappa shape index (κ2) is 6.74. The maximum atomic E-state index is 12.9. The van der Waals surface area contributed by atoms with Gasteiger partial charge in [-0.15, -0.1) is 0 Å². The average Bonchev–Trinajstić information content (AvgIpc) is 3.08. The molecule has 2 heterocycles. The minimum atomic E-state index is -0.672. The maximum absolute atomic E-state index is 12.9. The monoisotopic (exact) mass is 361 g/mol. The fourth-order valence-electron chi connectivity index (χ4n) is 3.04. The highest BCUT2D eigenvalue weighted by atomic mass is 16.5. The minimum Gasteiger partial charge on any atom is -0.751 e. The van der Waals surface area contributed by atoms with Crippen molar-refractivity contribution < 1.29 is 13.9 Å². The largest absolute Gasteiger partial charge is 0.751 e. The van der Waals surface area contributed by atoms with Crippen LogP contribution >= 0.6 is 0 Å². The number of benzene rings is 2. The molecule has 0 saturated carbocycles. The molecular weight excluding hydrogens is 344 g/mol. The van der Waals surface area contributed by atoms with Gasteiger partial charge in [0.05, 0.1) is 11.7 Å². The quantitative estimate of drug-likeness (QED) is 0.482. The highest BCUT2D eigenvalue weighted by Crippen LogP contribution is 2.38. The third-order valence-electron chi connectivity index (χ3n) is 4.16. The fourth-order valence-corrected chi connectivity index (χ4v) is 3.04. The molecule has 0 aliphatic carbocycles. The SMILES string of the molecule is CC(C)Oc1ccc(C(=O)N([O-])c2ccncc2)c2c1oc1ccccc12. The lowest BCUT2D eigenvalue weighted by Gasteiger charge is -2.28. The number of para-hydroxylation sites is 1. The Bertz CT molecular complexity index is 1120. The van der Waals surface area contributed by atoms with Crippen LogP contribution < -0.4 is 9.80 Å². The lowest BCUT2D eigenvalue weighted by atomic mass is 10.0. The Labute approximate surface area is 155 Å². The summed E-state index contributed by atoms with van der Waals surface area (Å²) in [6.07, 6.45) is 2.88. The lowest BCUT2D eigenvalue weighted by Crippen LogP contribution is -2.24. The van der Waals surface area contributed by atoms with Gasteiger partial charge in [0, 0.05) is 28.9 Å². The number of pyridine rings is 1. The molecule has 4 aromatic rings. The van der Waals surface area contributed by atoms with Gasteiger partial charge in [-0.05, 0) is 44.2 Å². The maximum Gasteiger partial charge on any atom is 0.248 e. The number of ether oxygens (including phenoxy) is 1. The van der Waals surface area contributed by atoms with Gasteiger partial charge in [-0.2, -0.15) is 0 Å². The van der Waals surface area contributed by atoms with Crippen LogP contribution in [0.3, 0.4) is 0 Å². The Kier molecular flexibility index (Phi) is 4.25. The first-order chi connectivity index (χ1) is 13.1. The van der Waals surface area contributed by atoms with E-state index in [1.54, 1.807) is 12.1 Å². The molecule has 136 valence electrons. The van der Waals surface area contributed by atoms with Crippen molar-refractivity contribution in [3.05, 3.63) is 71.7 Å². The molecule has 0 fully saturated rings. The number of nitrogens with zero attached hydrogens (tertiary/aromatic N) is 2. The summed E-state index contributed by atoms with van der Waals surface area (Å²) in [6.45, 7) is 3.83. The van der Waals surface area contributed by atoms with E-state index in [1.807, 2.05) is 38.1 Å². The van der Waals surface area contributed by atoms with E-state index in [0.717, 1.165) is 5.39 Å². The van der Waals surface area contributed by atoms with Gasteiger partial charge in [0.1, 0.15) is 5.58 Å². The summed E-state index contributed by atoms with van der Waals surface area (Å²) in [6, 6.07) is 13.6. The van der Waals surface area contributed by atoms with E-state index in [-0.39, 0.29) is 17.4 Å². The molecule has 1 amide bonds. The van der Waals surface area contributed by atoms with E-state index in [4.69, 9.17) is 9.15 Å². The molecule has 0 radical (unpaired) electrons. The van der Waals surface area contributed by atoms with Crippen LogP contribution in [0.25, 0.3) is 21.9 Å². The van der Waals surface area contributed by atoms with Gasteiger partial charge in [0.25, 0.3) is 0 Å². The van der Waals surface area contributed by atoms with Crippen molar-refractivity contribution in [1.29, 1.82) is 0 Å². The summed E-state index contributed by atoms with van der Waals surface area (Å²) in [5, 5.41) is 14.3. The molecular formula is C21H17N2O4-. The van der Waals surface area contributed by atoms with Gasteiger partial charge in [-0.3, -0.25) is 9.78 Å². The molecule has 0 N–H and O–H groups in total. The van der Waals surface area contributed by atoms with Crippen LogP contribution in [-0.4, -0.2) is 17.0 Å². The molecule has 4 rings (SSSR count). The number of hydroxylamine groups is 1. The smallest absolute Gasteiger partial charge is 0.248 e. The molecule has 0 atom stereocenters. The predicted molar refractivity (Wildman–Crippen MR) is 104 cm³/mol. The van der Waals surface area contributed by atoms with Crippen molar-refractivity contribution in [2.45, 2.75) is 20.0 Å². The molecule has 0 spiro atoms. The number of fused-ring (bicyclic) bond motifs is 3. The summed E-state index contributed by atoms with van der Waals surface area (Å²) < 4.78 is 11.8. The Balaban J connectivity index is 1.92. The molecule has 2 aromatic carbocycles. The zero-order valence-electron chi connectivity index (χ0n) is 14.9. The van der Waals surface area contributed by atoms with E-state index < -0.39 is 5.91 Å². The fraction of sp³-hybridized carbons (Fsp3) is 0.143. The molecule has 0 saturated heterocycles. The van der Waals surface area contributed by atoms with E-state index >= 15 is 0 Å². The van der Waals surface area contributed by atoms with E-state index in [9.17, 15) is 10.0 Å². The summed E-state index contributed by atoms with van der Waals surface area (Å²) in [5.41, 5.74) is 1.57. The van der Waals surface area contributed by atoms with Crippen molar-refractivity contribution in [2.24, 2.45) is 0 Å². The first-order valence-electron chi connectivity index (χ1n) is 8.59. The highest BCUT2D eigenvalue weighted by molar-refractivity contribution is 6.21. The molecule has 2 aromatic heterocycles. The molecule has 6 heteroatoms. The number of anilines is 1. The number of hydrogen-bond acceptors (Lipinski definition) is 5. The average molecular weight is 361 g/mol. The number of carbonyl (C=O) groups is 1. The van der Waals surface area contributed by atoms with Crippen molar-refractivity contribution in [3.8, 4) is 5.75 Å². The first-order valence-corrected chi connectivity index (χ1v) is 8.59. The van der Waals surface area contributed by atoms with E-state index in [2.05, 4.69) is 4.98 Å². The lowest BCUT2D eigenvalue weighted by molar-refractivity contribution is 0.0999. The molecule has 0 bridgehead atoms. The third kappa shape index (κ3) is 3.00. The number of hydrogen-bond donors (Lipinski definition) is 0. The van der Waals surface area contributed by atoms with Gasteiger partial charge >= 0.3 is 0 Å². The zero-order valence-corrected chi connectivity index (χ0v) is 14.9. The summed E-state index contributed by atoms with van der Waals surface area (Å²) >= 11 is 0. The van der Waals surface area contributed by atoms with Crippen molar-refractivity contribution >= 4 is 33.5 Å². The van der Waals surface area contributed by atoms with Crippen LogP contribution in [0.15, 0.2) is 65.3 Å². The number of carbonyl (C=O) groups excluding carboxylic acids is 1. The van der Waals surface area contributed by atoms with Crippen LogP contribution in [0.2, 0.25) is 0 Å². The molecule has 27 heavy (non-hydrogen) atoms. The summed E-state index contributed by atoms with van der Waals surface area (Å²) in [5.74, 6) is -0.136. The van der Waals surface area contributed by atoms with Gasteiger partial charge < -0.3 is 19.4 Å². The van der Waals surface area contributed by atoms with Crippen molar-refractivity contribution in [2.75, 3.05) is 5.06 Å². The molecule has 0 aliphatic heterocycles. The number of furan rings is 1. The van der Waals surface area contributed by atoms with E-state index in [1.165, 1.54) is 24.5 Å². The molecule has 0 aliphatic rings. The topological polar surface area (TPSA) is 78.6 Å². The summed E-state index contributed by atoms with van der Waals surface area (Å²) in [7, 11) is 0. The number of aromatic nitrogens is 1. The minimum absolute atomic E-state index is 0.0595. The molecule has 0 unspecified atom stereocenters. The normalized spacial score (nSPS) is 11.3. The Hall–Kier alpha value is -3.38. The van der Waals surface area contributed by atoms with Crippen LogP contribution in [-0.2, 0) is 0 Å². The highest BCUT2D eigenvalue weighted by Gasteiger charge is 2.21. The van der Waals surface area contributed by atoms with Crippen molar-refractivity contribution in [1.82, 2.24) is 4.98 Å². The predicted octanol–water partition coefficient (Wildman–Crippen LogP) is 4.91. The Morgan fingerprint density at radius 1 is 1.11 bits per heavy atom. The van der Waals surface area contributed by atoms with Crippen LogP contribution in [0.4, 0.5) is 5.69 Å². The number of amides is 1. The van der Waals surface area contributed by atoms with Gasteiger partial charge in [0.15, 0.2) is 11.3 Å². The summed E-state index contributed by atoms with van der Waals surface area (Å²) in [4.78, 5) is 16.8. The molecule has 6 nitrogen and oxygen atoms in total. The Morgan fingerprint density at radius 3 is 2.59 bits per heavy atom. The number of rotatable bonds is 4. The second-order valence-corrected chi connectivity index (χ2v) is 6.39. The van der Waals surface area contributed by atoms with E-state index in [0.29, 0.717) is 27.4 Å². The second-order valence-electron chi connectivity index (χ2n) is 6.39. The van der Waals surface area contributed by atoms with Gasteiger partial charge in [0.2, 0.25) is 5.91 Å². The standard InChI is InChI=1S/C21H17N2O4/c1-13(2)26-18-8-7-16(21(24)23(25)14-9-11-22-12-10-14)19-15-5-3-4-6-17(15)27-20(18)19/h3-13H,1-2H3/q-1. The first kappa shape index (κ1) is 17.1. The van der Waals surface area contributed by atoms with Crippen LogP contribution in [0, 0.1) is 5.21 Å². The van der Waals surface area contributed by atoms with Gasteiger partial charge in [-0.1, -0.05) is 18.2 Å². The van der Waals surface area contributed by atoms with Crippen LogP contribution in [0.1, 0.15) is 24.2 Å². The van der Waals surface area contributed by atoms with Crippen molar-refractivity contribution in [3.63, 3.8) is 0 Å². The Morgan fingerprint density at radius 2 is 1.85 bits per heavy atom. The zero-order chi connectivity index (χ0) is 19.0. The third-order valence-corrected chi connectivity index (χ3v) is 4.16.